The van der Waals surface area contributed by atoms with Crippen molar-refractivity contribution in [3.8, 4) is 11.5 Å². The summed E-state index contributed by atoms with van der Waals surface area (Å²) in [4.78, 5) is 17.2. The lowest BCUT2D eigenvalue weighted by Gasteiger charge is -2.20. The second kappa shape index (κ2) is 11.3. The van der Waals surface area contributed by atoms with Crippen LogP contribution in [0.4, 0.5) is 4.39 Å². The lowest BCUT2D eigenvalue weighted by molar-refractivity contribution is -0.114. The first-order chi connectivity index (χ1) is 17.9. The van der Waals surface area contributed by atoms with Crippen LogP contribution in [-0.4, -0.2) is 33.6 Å². The van der Waals surface area contributed by atoms with Gasteiger partial charge >= 0.3 is 0 Å². The number of halogens is 2. The van der Waals surface area contributed by atoms with Crippen molar-refractivity contribution < 1.29 is 18.7 Å². The van der Waals surface area contributed by atoms with Crippen LogP contribution in [0.2, 0.25) is 0 Å². The van der Waals surface area contributed by atoms with Gasteiger partial charge in [-0.2, -0.15) is 15.1 Å². The minimum Gasteiger partial charge on any atom is -0.490 e. The van der Waals surface area contributed by atoms with Gasteiger partial charge in [-0.05, 0) is 95.6 Å². The zero-order chi connectivity index (χ0) is 25.9. The Labute approximate surface area is 232 Å². The average molecular weight is 632 g/mol. The molecule has 3 aliphatic rings. The third kappa shape index (κ3) is 5.74. The number of nitrogens with zero attached hydrogens (tertiary/aromatic N) is 3. The largest absolute Gasteiger partial charge is 0.490 e. The molecule has 1 fully saturated rings. The van der Waals surface area contributed by atoms with Crippen molar-refractivity contribution in [3.63, 3.8) is 0 Å². The predicted molar refractivity (Wildman–Crippen MR) is 153 cm³/mol. The minimum atomic E-state index is -0.451. The summed E-state index contributed by atoms with van der Waals surface area (Å²) < 4.78 is 25.9. The number of hydrogen-bond acceptors (Lipinski definition) is 6. The maximum Gasteiger partial charge on any atom is 0.283 e. The molecule has 0 saturated heterocycles. The molecule has 0 atom stereocenters. The second-order valence-corrected chi connectivity index (χ2v) is 11.1. The van der Waals surface area contributed by atoms with E-state index in [-0.39, 0.29) is 23.8 Å². The average Bonchev–Trinajstić information content (AvgIpc) is 3.32. The number of hydrazone groups is 1. The van der Waals surface area contributed by atoms with Crippen LogP contribution in [0.15, 0.2) is 52.1 Å². The Balaban J connectivity index is 1.39. The summed E-state index contributed by atoms with van der Waals surface area (Å²) in [6, 6.07) is 9.80. The monoisotopic (exact) mass is 632 g/mol. The number of carbonyl (C=O) groups excluding carboxylic acids is 1. The van der Waals surface area contributed by atoms with Crippen LogP contribution in [-0.2, 0) is 11.4 Å². The normalized spacial score (nSPS) is 19.1. The molecule has 2 aromatic carbocycles. The lowest BCUT2D eigenvalue weighted by Crippen LogP contribution is -2.35. The summed E-state index contributed by atoms with van der Waals surface area (Å²) in [5.41, 5.74) is 1.70. The molecule has 7 nitrogen and oxygen atoms in total. The topological polar surface area (TPSA) is 87.3 Å². The van der Waals surface area contributed by atoms with Crippen molar-refractivity contribution in [2.45, 2.75) is 45.6 Å². The van der Waals surface area contributed by atoms with Gasteiger partial charge in [-0.25, -0.2) is 4.39 Å². The van der Waals surface area contributed by atoms with Crippen molar-refractivity contribution in [3.05, 3.63) is 62.5 Å². The van der Waals surface area contributed by atoms with E-state index < -0.39 is 5.91 Å². The second-order valence-electron chi connectivity index (χ2n) is 8.97. The SMILES string of the molecule is CCOc1cc(/C=C2/C(=N)N3N=C(C4CCCCC4)SC3=NC2=O)cc(I)c1OCc1ccc(F)cc1. The molecule has 5 rings (SSSR count). The Morgan fingerprint density at radius 1 is 1.19 bits per heavy atom. The molecule has 1 aliphatic carbocycles. The highest BCUT2D eigenvalue weighted by molar-refractivity contribution is 14.1. The quantitative estimate of drug-likeness (QED) is 0.275. The molecule has 0 bridgehead atoms. The fourth-order valence-electron chi connectivity index (χ4n) is 4.50. The number of ether oxygens (including phenoxy) is 2. The molecular formula is C27H26FIN4O3S. The summed E-state index contributed by atoms with van der Waals surface area (Å²) >= 11 is 3.57. The number of aliphatic imine (C=N–C) groups is 1. The Morgan fingerprint density at radius 2 is 1.95 bits per heavy atom. The summed E-state index contributed by atoms with van der Waals surface area (Å²) in [5, 5.41) is 16.3. The van der Waals surface area contributed by atoms with Crippen molar-refractivity contribution in [2.75, 3.05) is 6.61 Å². The number of amides is 1. The highest BCUT2D eigenvalue weighted by Crippen LogP contribution is 2.38. The smallest absolute Gasteiger partial charge is 0.283 e. The standard InChI is InChI=1S/C27H26FIN4O3S/c1-2-35-22-14-17(13-21(29)23(22)36-15-16-8-10-19(28)11-9-16)12-20-24(30)33-27(31-25(20)34)37-26(32-33)18-6-4-3-5-7-18/h8-14,18,30H,2-7,15H2,1H3/b20-12-,30-24?. The van der Waals surface area contributed by atoms with Gasteiger partial charge in [-0.1, -0.05) is 31.4 Å². The zero-order valence-electron chi connectivity index (χ0n) is 20.3. The van der Waals surface area contributed by atoms with Crippen LogP contribution in [0, 0.1) is 20.7 Å². The summed E-state index contributed by atoms with van der Waals surface area (Å²) in [6.45, 7) is 2.56. The van der Waals surface area contributed by atoms with Gasteiger partial charge in [0, 0.05) is 5.92 Å². The Kier molecular flexibility index (Phi) is 7.94. The summed E-state index contributed by atoms with van der Waals surface area (Å²) in [6.07, 6.45) is 7.44. The fourth-order valence-corrected chi connectivity index (χ4v) is 6.34. The van der Waals surface area contributed by atoms with Gasteiger partial charge in [0.05, 0.1) is 15.8 Å². The maximum absolute atomic E-state index is 13.2. The van der Waals surface area contributed by atoms with Crippen LogP contribution in [0.5, 0.6) is 11.5 Å². The van der Waals surface area contributed by atoms with E-state index in [1.54, 1.807) is 24.3 Å². The van der Waals surface area contributed by atoms with E-state index in [0.717, 1.165) is 27.0 Å². The van der Waals surface area contributed by atoms with Gasteiger partial charge in [-0.3, -0.25) is 10.2 Å². The highest BCUT2D eigenvalue weighted by atomic mass is 127. The molecule has 2 aromatic rings. The van der Waals surface area contributed by atoms with Gasteiger partial charge in [0.15, 0.2) is 17.3 Å². The number of benzene rings is 2. The summed E-state index contributed by atoms with van der Waals surface area (Å²) in [5.74, 6) is 0.744. The number of fused-ring (bicyclic) bond motifs is 1. The number of hydrogen-bond donors (Lipinski definition) is 1. The van der Waals surface area contributed by atoms with E-state index >= 15 is 0 Å². The Morgan fingerprint density at radius 3 is 2.68 bits per heavy atom. The van der Waals surface area contributed by atoms with E-state index in [9.17, 15) is 9.18 Å². The third-order valence-corrected chi connectivity index (χ3v) is 8.24. The molecule has 2 heterocycles. The van der Waals surface area contributed by atoms with Crippen LogP contribution < -0.4 is 9.47 Å². The van der Waals surface area contributed by atoms with E-state index in [4.69, 9.17) is 14.9 Å². The molecule has 2 aliphatic heterocycles. The van der Waals surface area contributed by atoms with Crippen LogP contribution in [0.3, 0.4) is 0 Å². The molecule has 10 heteroatoms. The molecule has 0 unspecified atom stereocenters. The minimum absolute atomic E-state index is 0.0258. The zero-order valence-corrected chi connectivity index (χ0v) is 23.3. The molecule has 1 amide bonds. The predicted octanol–water partition coefficient (Wildman–Crippen LogP) is 6.61. The van der Waals surface area contributed by atoms with E-state index in [1.807, 2.05) is 13.0 Å². The van der Waals surface area contributed by atoms with Crippen molar-refractivity contribution in [1.82, 2.24) is 5.01 Å². The molecule has 1 N–H and O–H groups in total. The van der Waals surface area contributed by atoms with E-state index in [1.165, 1.54) is 48.2 Å². The Hall–Kier alpha value is -2.73. The molecule has 0 spiro atoms. The van der Waals surface area contributed by atoms with Crippen LogP contribution in [0.1, 0.15) is 50.2 Å². The molecular weight excluding hydrogens is 606 g/mol. The first-order valence-corrected chi connectivity index (χ1v) is 14.2. The fraction of sp³-hybridized carbons (Fsp3) is 0.333. The van der Waals surface area contributed by atoms with Gasteiger partial charge in [0.2, 0.25) is 5.17 Å². The molecule has 37 heavy (non-hydrogen) atoms. The van der Waals surface area contributed by atoms with Gasteiger partial charge in [-0.15, -0.1) is 0 Å². The van der Waals surface area contributed by atoms with Gasteiger partial charge in [0.1, 0.15) is 17.5 Å². The summed E-state index contributed by atoms with van der Waals surface area (Å²) in [7, 11) is 0. The number of amidine groups is 2. The third-order valence-electron chi connectivity index (χ3n) is 6.36. The Bertz CT molecular complexity index is 1320. The van der Waals surface area contributed by atoms with E-state index in [2.05, 4.69) is 32.7 Å². The van der Waals surface area contributed by atoms with Gasteiger partial charge in [0.25, 0.3) is 5.91 Å². The molecule has 0 radical (unpaired) electrons. The van der Waals surface area contributed by atoms with Crippen LogP contribution >= 0.6 is 34.4 Å². The van der Waals surface area contributed by atoms with E-state index in [0.29, 0.717) is 34.8 Å². The number of carbonyl (C=O) groups is 1. The van der Waals surface area contributed by atoms with Crippen LogP contribution in [0.25, 0.3) is 6.08 Å². The van der Waals surface area contributed by atoms with Crippen molar-refractivity contribution in [1.29, 1.82) is 5.41 Å². The van der Waals surface area contributed by atoms with Crippen molar-refractivity contribution >= 4 is 62.4 Å². The first-order valence-electron chi connectivity index (χ1n) is 12.3. The number of rotatable bonds is 7. The molecule has 192 valence electrons. The number of nitrogens with one attached hydrogen (secondary N) is 1. The first kappa shape index (κ1) is 25.9. The molecule has 0 aromatic heterocycles. The lowest BCUT2D eigenvalue weighted by atomic mass is 9.90. The maximum atomic E-state index is 13.2. The highest BCUT2D eigenvalue weighted by Gasteiger charge is 2.38. The number of thioether (sulfide) groups is 1. The van der Waals surface area contributed by atoms with Gasteiger partial charge < -0.3 is 9.47 Å². The van der Waals surface area contributed by atoms with Crippen molar-refractivity contribution in [2.24, 2.45) is 16.0 Å². The molecule has 1 saturated carbocycles.